The first kappa shape index (κ1) is 32.8. The number of carbonyl (C=O) groups is 2. The average Bonchev–Trinajstić information content (AvgIpc) is 3.72. The summed E-state index contributed by atoms with van der Waals surface area (Å²) in [5.74, 6) is -3.33. The van der Waals surface area contributed by atoms with Crippen molar-refractivity contribution >= 4 is 33.9 Å². The molecule has 0 amide bonds. The molecule has 6 aromatic rings. The van der Waals surface area contributed by atoms with Crippen molar-refractivity contribution in [1.29, 1.82) is 10.5 Å². The van der Waals surface area contributed by atoms with Gasteiger partial charge in [-0.05, 0) is 71.8 Å². The number of rotatable bonds is 4. The summed E-state index contributed by atoms with van der Waals surface area (Å²) < 4.78 is 89.6. The van der Waals surface area contributed by atoms with E-state index in [0.717, 1.165) is 24.3 Å². The summed E-state index contributed by atoms with van der Waals surface area (Å²) in [5, 5.41) is 37.2. The lowest BCUT2D eigenvalue weighted by molar-refractivity contribution is -0.138. The maximum absolute atomic E-state index is 13.2. The lowest BCUT2D eigenvalue weighted by Crippen LogP contribution is -2.13. The van der Waals surface area contributed by atoms with E-state index >= 15 is 0 Å². The molecule has 2 heterocycles. The predicted octanol–water partition coefficient (Wildman–Crippen LogP) is 9.38. The van der Waals surface area contributed by atoms with E-state index in [1.807, 2.05) is 12.1 Å². The van der Waals surface area contributed by atoms with Crippen molar-refractivity contribution in [1.82, 2.24) is 0 Å². The molecule has 14 heteroatoms. The Labute approximate surface area is 264 Å². The molecule has 2 N–H and O–H groups in total. The lowest BCUT2D eigenvalue weighted by atomic mass is 9.96. The van der Waals surface area contributed by atoms with Gasteiger partial charge in [0.05, 0.1) is 58.0 Å². The van der Waals surface area contributed by atoms with E-state index < -0.39 is 46.5 Å². The van der Waals surface area contributed by atoms with E-state index in [-0.39, 0.29) is 33.4 Å². The van der Waals surface area contributed by atoms with Gasteiger partial charge in [-0.3, -0.25) is 0 Å². The number of carboxylic acid groups (broad SMARTS) is 2. The summed E-state index contributed by atoms with van der Waals surface area (Å²) in [5.41, 5.74) is -2.21. The minimum absolute atomic E-state index is 0.115. The van der Waals surface area contributed by atoms with Crippen LogP contribution < -0.4 is 0 Å². The Kier molecular flexibility index (Phi) is 8.44. The van der Waals surface area contributed by atoms with Crippen LogP contribution in [0.15, 0.2) is 94.2 Å². The van der Waals surface area contributed by atoms with Crippen molar-refractivity contribution in [3.63, 3.8) is 0 Å². The molecule has 0 aliphatic heterocycles. The summed E-state index contributed by atoms with van der Waals surface area (Å²) in [6.07, 6.45) is -6.91. The van der Waals surface area contributed by atoms with E-state index in [0.29, 0.717) is 21.9 Å². The van der Waals surface area contributed by atoms with Crippen molar-refractivity contribution < 1.29 is 55.0 Å². The van der Waals surface area contributed by atoms with Gasteiger partial charge in [-0.1, -0.05) is 12.1 Å². The Morgan fingerprint density at radius 1 is 0.583 bits per heavy atom. The standard InChI is InChI=1S/2C17H8F3NO3/c2*18-17(19,20)14-7-10(1-2-12(14)16(22)23)13-6-9(8-21)5-11-3-4-24-15(11)13/h2*1-7H,(H,22,23). The number of hydrogen-bond acceptors (Lipinski definition) is 6. The predicted molar refractivity (Wildman–Crippen MR) is 157 cm³/mol. The molecule has 8 nitrogen and oxygen atoms in total. The van der Waals surface area contributed by atoms with Gasteiger partial charge in [0.15, 0.2) is 0 Å². The molecule has 0 saturated carbocycles. The monoisotopic (exact) mass is 662 g/mol. The van der Waals surface area contributed by atoms with Gasteiger partial charge in [0.2, 0.25) is 0 Å². The Morgan fingerprint density at radius 2 is 0.958 bits per heavy atom. The first-order valence-corrected chi connectivity index (χ1v) is 13.3. The molecule has 6 rings (SSSR count). The SMILES string of the molecule is N#Cc1cc(-c2ccc(C(=O)O)c(C(F)(F)F)c2)c2occc2c1.N#Cc1cc(-c2ccc(C(=O)O)c(C(F)(F)F)c2)c2occc2c1. The van der Waals surface area contributed by atoms with Gasteiger partial charge in [0.1, 0.15) is 11.2 Å². The van der Waals surface area contributed by atoms with Crippen molar-refractivity contribution in [3.05, 3.63) is 119 Å². The highest BCUT2D eigenvalue weighted by atomic mass is 19.4. The number of fused-ring (bicyclic) bond motifs is 2. The second-order valence-electron chi connectivity index (χ2n) is 10.1. The van der Waals surface area contributed by atoms with Crippen LogP contribution in [0, 0.1) is 22.7 Å². The van der Waals surface area contributed by atoms with Crippen molar-refractivity contribution in [2.45, 2.75) is 12.4 Å². The molecule has 0 unspecified atom stereocenters. The third-order valence-electron chi connectivity index (χ3n) is 7.09. The maximum Gasteiger partial charge on any atom is 0.417 e. The van der Waals surface area contributed by atoms with E-state index in [2.05, 4.69) is 0 Å². The van der Waals surface area contributed by atoms with Crippen LogP contribution >= 0.6 is 0 Å². The Bertz CT molecular complexity index is 2160. The Balaban J connectivity index is 0.000000188. The molecule has 48 heavy (non-hydrogen) atoms. The van der Waals surface area contributed by atoms with Crippen LogP contribution in [0.5, 0.6) is 0 Å². The number of alkyl halides is 6. The fourth-order valence-electron chi connectivity index (χ4n) is 4.99. The van der Waals surface area contributed by atoms with Crippen LogP contribution in [0.4, 0.5) is 26.3 Å². The van der Waals surface area contributed by atoms with Crippen LogP contribution in [0.25, 0.3) is 44.2 Å². The van der Waals surface area contributed by atoms with Crippen molar-refractivity contribution in [2.24, 2.45) is 0 Å². The normalized spacial score (nSPS) is 11.4. The number of benzene rings is 4. The molecular weight excluding hydrogens is 646 g/mol. The molecule has 2 aromatic heterocycles. The third kappa shape index (κ3) is 6.41. The maximum atomic E-state index is 13.2. The van der Waals surface area contributed by atoms with Crippen LogP contribution in [0.3, 0.4) is 0 Å². The van der Waals surface area contributed by atoms with Crippen LogP contribution in [-0.4, -0.2) is 22.2 Å². The zero-order valence-corrected chi connectivity index (χ0v) is 23.8. The molecule has 0 radical (unpaired) electrons. The lowest BCUT2D eigenvalue weighted by Gasteiger charge is -2.12. The smallest absolute Gasteiger partial charge is 0.417 e. The second-order valence-corrected chi connectivity index (χ2v) is 10.1. The Morgan fingerprint density at radius 3 is 1.27 bits per heavy atom. The second kappa shape index (κ2) is 12.3. The zero-order chi connectivity index (χ0) is 35.0. The molecular formula is C34H16F6N2O6. The number of hydrogen-bond donors (Lipinski definition) is 2. The molecule has 0 aliphatic rings. The summed E-state index contributed by atoms with van der Waals surface area (Å²) in [6.45, 7) is 0. The molecule has 0 saturated heterocycles. The van der Waals surface area contributed by atoms with Gasteiger partial charge >= 0.3 is 24.3 Å². The van der Waals surface area contributed by atoms with Gasteiger partial charge in [0.25, 0.3) is 0 Å². The minimum atomic E-state index is -4.82. The third-order valence-corrected chi connectivity index (χ3v) is 7.09. The minimum Gasteiger partial charge on any atom is -0.478 e. The largest absolute Gasteiger partial charge is 0.478 e. The van der Waals surface area contributed by atoms with E-state index in [1.54, 1.807) is 24.3 Å². The molecule has 0 atom stereocenters. The van der Waals surface area contributed by atoms with Crippen molar-refractivity contribution in [3.8, 4) is 34.4 Å². The number of nitriles is 2. The summed E-state index contributed by atoms with van der Waals surface area (Å²) in [6, 6.07) is 18.8. The van der Waals surface area contributed by atoms with Gasteiger partial charge in [0, 0.05) is 21.9 Å². The molecule has 0 spiro atoms. The topological polar surface area (TPSA) is 148 Å². The molecule has 0 fully saturated rings. The number of halogens is 6. The number of nitrogens with zero attached hydrogens (tertiary/aromatic N) is 2. The van der Waals surface area contributed by atoms with Crippen LogP contribution in [0.2, 0.25) is 0 Å². The number of furan rings is 2. The molecule has 0 aliphatic carbocycles. The van der Waals surface area contributed by atoms with Gasteiger partial charge in [-0.2, -0.15) is 36.9 Å². The summed E-state index contributed by atoms with van der Waals surface area (Å²) in [4.78, 5) is 22.1. The highest BCUT2D eigenvalue weighted by Gasteiger charge is 2.37. The van der Waals surface area contributed by atoms with E-state index in [9.17, 15) is 35.9 Å². The fourth-order valence-corrected chi connectivity index (χ4v) is 4.99. The van der Waals surface area contributed by atoms with Crippen molar-refractivity contribution in [2.75, 3.05) is 0 Å². The Hall–Kier alpha value is -6.54. The summed E-state index contributed by atoms with van der Waals surface area (Å²) >= 11 is 0. The fraction of sp³-hybridized carbons (Fsp3) is 0.0588. The van der Waals surface area contributed by atoms with Gasteiger partial charge in [-0.15, -0.1) is 0 Å². The average molecular weight is 662 g/mol. The van der Waals surface area contributed by atoms with Crippen LogP contribution in [-0.2, 0) is 12.4 Å². The first-order chi connectivity index (χ1) is 22.6. The van der Waals surface area contributed by atoms with E-state index in [1.165, 1.54) is 36.8 Å². The highest BCUT2D eigenvalue weighted by Crippen LogP contribution is 2.39. The number of carboxylic acids is 2. The first-order valence-electron chi connectivity index (χ1n) is 13.3. The molecule has 4 aromatic carbocycles. The van der Waals surface area contributed by atoms with E-state index in [4.69, 9.17) is 29.6 Å². The molecule has 0 bridgehead atoms. The highest BCUT2D eigenvalue weighted by molar-refractivity contribution is 5.97. The molecule has 240 valence electrons. The zero-order valence-electron chi connectivity index (χ0n) is 23.8. The number of aromatic carboxylic acids is 2. The quantitative estimate of drug-likeness (QED) is 0.177. The van der Waals surface area contributed by atoms with Gasteiger partial charge < -0.3 is 19.0 Å². The summed E-state index contributed by atoms with van der Waals surface area (Å²) in [7, 11) is 0. The van der Waals surface area contributed by atoms with Gasteiger partial charge in [-0.25, -0.2) is 9.59 Å². The van der Waals surface area contributed by atoms with Crippen LogP contribution in [0.1, 0.15) is 43.0 Å².